The Morgan fingerprint density at radius 1 is 1.38 bits per heavy atom. The third-order valence-corrected chi connectivity index (χ3v) is 3.07. The van der Waals surface area contributed by atoms with Crippen molar-refractivity contribution in [1.29, 1.82) is 0 Å². The molecule has 0 aliphatic carbocycles. The number of rotatable bonds is 6. The molecule has 134 valence electrons. The molecule has 1 aromatic rings. The lowest BCUT2D eigenvalue weighted by molar-refractivity contribution is -0.160. The minimum absolute atomic E-state index is 0.0460. The first-order valence-corrected chi connectivity index (χ1v) is 9.14. The van der Waals surface area contributed by atoms with Gasteiger partial charge in [-0.1, -0.05) is 5.16 Å². The highest BCUT2D eigenvalue weighted by atomic mass is 32.2. The number of hydrogen-bond acceptors (Lipinski definition) is 11. The molecule has 0 fully saturated rings. The Bertz CT molecular complexity index is 747. The maximum atomic E-state index is 11.9. The third kappa shape index (κ3) is 7.37. The molecular formula is C12H17N3O7S2. The first-order chi connectivity index (χ1) is 10.9. The summed E-state index contributed by atoms with van der Waals surface area (Å²) in [7, 11) is -4.07. The number of ether oxygens (including phenoxy) is 1. The van der Waals surface area contributed by atoms with Crippen LogP contribution in [0.25, 0.3) is 0 Å². The van der Waals surface area contributed by atoms with Crippen LogP contribution in [-0.2, 0) is 33.5 Å². The van der Waals surface area contributed by atoms with Crippen LogP contribution in [-0.4, -0.2) is 49.5 Å². The van der Waals surface area contributed by atoms with Crippen LogP contribution in [0.3, 0.4) is 0 Å². The maximum Gasteiger partial charge on any atom is 0.378 e. The van der Waals surface area contributed by atoms with Gasteiger partial charge in [0.25, 0.3) is 0 Å². The molecule has 0 atom stereocenters. The summed E-state index contributed by atoms with van der Waals surface area (Å²) < 4.78 is 31.4. The van der Waals surface area contributed by atoms with Gasteiger partial charge in [0, 0.05) is 5.38 Å². The van der Waals surface area contributed by atoms with Crippen molar-refractivity contribution >= 4 is 44.2 Å². The van der Waals surface area contributed by atoms with Crippen LogP contribution < -0.4 is 5.73 Å². The summed E-state index contributed by atoms with van der Waals surface area (Å²) >= 11 is 0.997. The zero-order valence-electron chi connectivity index (χ0n) is 13.4. The van der Waals surface area contributed by atoms with Gasteiger partial charge in [0.05, 0.1) is 6.26 Å². The highest BCUT2D eigenvalue weighted by molar-refractivity contribution is 7.86. The molecule has 1 heterocycles. The van der Waals surface area contributed by atoms with Crippen molar-refractivity contribution < 1.29 is 31.8 Å². The average molecular weight is 379 g/mol. The molecule has 24 heavy (non-hydrogen) atoms. The van der Waals surface area contributed by atoms with E-state index in [1.54, 1.807) is 20.8 Å². The summed E-state index contributed by atoms with van der Waals surface area (Å²) in [6.45, 7) is 4.41. The van der Waals surface area contributed by atoms with Crippen LogP contribution in [0.1, 0.15) is 26.5 Å². The molecule has 0 spiro atoms. The molecule has 12 heteroatoms. The Labute approximate surface area is 142 Å². The summed E-state index contributed by atoms with van der Waals surface area (Å²) in [5, 5.41) is 4.90. The molecule has 0 bridgehead atoms. The Kier molecular flexibility index (Phi) is 6.26. The van der Waals surface area contributed by atoms with Crippen LogP contribution >= 0.6 is 11.3 Å². The maximum absolute atomic E-state index is 11.9. The highest BCUT2D eigenvalue weighted by Crippen LogP contribution is 2.13. The number of oxime groups is 1. The van der Waals surface area contributed by atoms with E-state index in [-0.39, 0.29) is 10.8 Å². The number of nitrogen functional groups attached to an aromatic ring is 1. The van der Waals surface area contributed by atoms with Crippen molar-refractivity contribution in [2.24, 2.45) is 5.16 Å². The minimum Gasteiger partial charge on any atom is -0.457 e. The van der Waals surface area contributed by atoms with Crippen molar-refractivity contribution in [3.05, 3.63) is 11.1 Å². The normalized spacial score (nSPS) is 12.6. The molecular weight excluding hydrogens is 362 g/mol. The van der Waals surface area contributed by atoms with E-state index in [1.165, 1.54) is 5.38 Å². The lowest BCUT2D eigenvalue weighted by Crippen LogP contribution is -2.27. The predicted molar refractivity (Wildman–Crippen MR) is 85.8 cm³/mol. The zero-order chi connectivity index (χ0) is 18.5. The molecule has 10 nitrogen and oxygen atoms in total. The van der Waals surface area contributed by atoms with Crippen LogP contribution in [0, 0.1) is 0 Å². The fourth-order valence-electron chi connectivity index (χ4n) is 1.28. The monoisotopic (exact) mass is 379 g/mol. The van der Waals surface area contributed by atoms with Crippen LogP contribution in [0.15, 0.2) is 10.5 Å². The van der Waals surface area contributed by atoms with Gasteiger partial charge in [0.1, 0.15) is 11.3 Å². The third-order valence-electron chi connectivity index (χ3n) is 1.94. The van der Waals surface area contributed by atoms with E-state index in [4.69, 9.17) is 15.3 Å². The Balaban J connectivity index is 2.89. The molecule has 0 saturated carbocycles. The quantitative estimate of drug-likeness (QED) is 0.319. The van der Waals surface area contributed by atoms with Gasteiger partial charge in [-0.2, -0.15) is 8.42 Å². The first kappa shape index (κ1) is 19.8. The van der Waals surface area contributed by atoms with Crippen LogP contribution in [0.4, 0.5) is 5.13 Å². The largest absolute Gasteiger partial charge is 0.457 e. The summed E-state index contributed by atoms with van der Waals surface area (Å²) in [4.78, 5) is 31.9. The molecule has 0 aliphatic rings. The molecule has 1 aromatic heterocycles. The molecule has 2 N–H and O–H groups in total. The minimum atomic E-state index is -4.07. The standard InChI is InChI=1S/C12H17N3O7S2/c1-12(2,3)21-8(16)5-20-15-9(7-6-23-11(13)14-7)10(17)22-24(4,18)19/h6H,5H2,1-4H3,(H2,13,14)/b15-9-. The van der Waals surface area contributed by atoms with E-state index in [2.05, 4.69) is 14.3 Å². The van der Waals surface area contributed by atoms with Gasteiger partial charge in [0.2, 0.25) is 12.3 Å². The fourth-order valence-corrected chi connectivity index (χ4v) is 2.18. The summed E-state index contributed by atoms with van der Waals surface area (Å²) in [6, 6.07) is 0. The van der Waals surface area contributed by atoms with Crippen molar-refractivity contribution in [3.63, 3.8) is 0 Å². The van der Waals surface area contributed by atoms with Gasteiger partial charge in [-0.15, -0.1) is 11.3 Å². The van der Waals surface area contributed by atoms with E-state index >= 15 is 0 Å². The number of nitrogens with zero attached hydrogens (tertiary/aromatic N) is 2. The Morgan fingerprint density at radius 3 is 2.46 bits per heavy atom. The van der Waals surface area contributed by atoms with E-state index < -0.39 is 40.0 Å². The highest BCUT2D eigenvalue weighted by Gasteiger charge is 2.24. The van der Waals surface area contributed by atoms with Crippen molar-refractivity contribution in [3.8, 4) is 0 Å². The fraction of sp³-hybridized carbons (Fsp3) is 0.500. The summed E-state index contributed by atoms with van der Waals surface area (Å²) in [5.41, 5.74) is 4.15. The number of carbonyl (C=O) groups excluding carboxylic acids is 2. The van der Waals surface area contributed by atoms with Crippen molar-refractivity contribution in [2.75, 3.05) is 18.6 Å². The first-order valence-electron chi connectivity index (χ1n) is 6.44. The number of carbonyl (C=O) groups is 2. The predicted octanol–water partition coefficient (Wildman–Crippen LogP) is 0.291. The van der Waals surface area contributed by atoms with E-state index in [1.807, 2.05) is 0 Å². The SMILES string of the molecule is CC(C)(C)OC(=O)CO/N=C(\C(=O)OS(C)(=O)=O)c1csc(N)n1. The molecule has 0 radical (unpaired) electrons. The van der Waals surface area contributed by atoms with Gasteiger partial charge >= 0.3 is 22.1 Å². The van der Waals surface area contributed by atoms with E-state index in [9.17, 15) is 18.0 Å². The topological polar surface area (TPSA) is 147 Å². The zero-order valence-corrected chi connectivity index (χ0v) is 15.1. The lowest BCUT2D eigenvalue weighted by Gasteiger charge is -2.18. The second kappa shape index (κ2) is 7.57. The van der Waals surface area contributed by atoms with Crippen LogP contribution in [0.5, 0.6) is 0 Å². The molecule has 0 unspecified atom stereocenters. The Morgan fingerprint density at radius 2 is 2.00 bits per heavy atom. The number of nitrogens with two attached hydrogens (primary N) is 1. The van der Waals surface area contributed by atoms with Gasteiger partial charge in [-0.05, 0) is 20.8 Å². The number of hydrogen-bond donors (Lipinski definition) is 1. The molecule has 0 aromatic carbocycles. The molecule has 0 saturated heterocycles. The van der Waals surface area contributed by atoms with Crippen LogP contribution in [0.2, 0.25) is 0 Å². The van der Waals surface area contributed by atoms with E-state index in [0.717, 1.165) is 11.3 Å². The van der Waals surface area contributed by atoms with Gasteiger partial charge in [-0.25, -0.2) is 14.6 Å². The number of aromatic nitrogens is 1. The summed E-state index contributed by atoms with van der Waals surface area (Å²) in [6.07, 6.45) is 0.694. The summed E-state index contributed by atoms with van der Waals surface area (Å²) in [5.74, 6) is -2.04. The molecule has 0 aliphatic heterocycles. The second-order valence-electron chi connectivity index (χ2n) is 5.45. The van der Waals surface area contributed by atoms with Gasteiger partial charge in [0.15, 0.2) is 5.13 Å². The molecule has 0 amide bonds. The average Bonchev–Trinajstić information content (AvgIpc) is 2.76. The van der Waals surface area contributed by atoms with Crippen molar-refractivity contribution in [1.82, 2.24) is 4.98 Å². The molecule has 1 rings (SSSR count). The van der Waals surface area contributed by atoms with Crippen molar-refractivity contribution in [2.45, 2.75) is 26.4 Å². The van der Waals surface area contributed by atoms with Gasteiger partial charge < -0.3 is 19.5 Å². The van der Waals surface area contributed by atoms with E-state index in [0.29, 0.717) is 6.26 Å². The smallest absolute Gasteiger partial charge is 0.378 e. The number of anilines is 1. The van der Waals surface area contributed by atoms with Gasteiger partial charge in [-0.3, -0.25) is 0 Å². The lowest BCUT2D eigenvalue weighted by atomic mass is 10.2. The second-order valence-corrected chi connectivity index (χ2v) is 7.91. The Hall–Kier alpha value is -2.21. The number of esters is 1. The number of thiazole rings is 1.